The Bertz CT molecular complexity index is 913. The van der Waals surface area contributed by atoms with Crippen molar-refractivity contribution in [2.24, 2.45) is 0 Å². The summed E-state index contributed by atoms with van der Waals surface area (Å²) < 4.78 is 14.6. The molecule has 0 bridgehead atoms. The van der Waals surface area contributed by atoms with Crippen LogP contribution in [0.25, 0.3) is 11.3 Å². The minimum atomic E-state index is -0.285. The van der Waals surface area contributed by atoms with Crippen molar-refractivity contribution in [1.82, 2.24) is 9.78 Å². The quantitative estimate of drug-likeness (QED) is 0.720. The van der Waals surface area contributed by atoms with Gasteiger partial charge in [0.2, 0.25) is 5.91 Å². The molecule has 2 aromatic carbocycles. The summed E-state index contributed by atoms with van der Waals surface area (Å²) in [6, 6.07) is 14.0. The zero-order chi connectivity index (χ0) is 18.7. The van der Waals surface area contributed by atoms with E-state index < -0.39 is 0 Å². The van der Waals surface area contributed by atoms with Gasteiger partial charge in [0.05, 0.1) is 5.69 Å². The smallest absolute Gasteiger partial charge is 0.246 e. The number of benzene rings is 2. The van der Waals surface area contributed by atoms with Gasteiger partial charge in [0.25, 0.3) is 0 Å². The molecule has 0 aliphatic heterocycles. The van der Waals surface area contributed by atoms with Gasteiger partial charge >= 0.3 is 0 Å². The van der Waals surface area contributed by atoms with E-state index in [9.17, 15) is 9.18 Å². The molecule has 5 heteroatoms. The third kappa shape index (κ3) is 3.99. The van der Waals surface area contributed by atoms with Crippen LogP contribution in [0.4, 0.5) is 10.1 Å². The summed E-state index contributed by atoms with van der Waals surface area (Å²) in [5.41, 5.74) is 4.55. The third-order valence-electron chi connectivity index (χ3n) is 4.28. The molecule has 0 unspecified atom stereocenters. The number of hydrogen-bond acceptors (Lipinski definition) is 2. The van der Waals surface area contributed by atoms with Gasteiger partial charge in [0.15, 0.2) is 0 Å². The first-order chi connectivity index (χ1) is 12.4. The Hall–Kier alpha value is -2.95. The van der Waals surface area contributed by atoms with E-state index in [1.54, 1.807) is 23.0 Å². The summed E-state index contributed by atoms with van der Waals surface area (Å²) >= 11 is 0. The molecule has 3 aromatic rings. The number of hydrogen-bond donors (Lipinski definition) is 1. The van der Waals surface area contributed by atoms with Crippen molar-refractivity contribution in [2.45, 2.75) is 33.2 Å². The first kappa shape index (κ1) is 17.9. The van der Waals surface area contributed by atoms with Crippen LogP contribution in [0.15, 0.2) is 54.7 Å². The van der Waals surface area contributed by atoms with E-state index >= 15 is 0 Å². The van der Waals surface area contributed by atoms with E-state index in [2.05, 4.69) is 24.3 Å². The SMILES string of the molecule is Cc1cccc(C(C)C)c1NC(=O)Cn1ccc(-c2ccc(F)cc2)n1. The van der Waals surface area contributed by atoms with E-state index in [-0.39, 0.29) is 18.3 Å². The molecular formula is C21H22FN3O. The Morgan fingerprint density at radius 3 is 2.58 bits per heavy atom. The molecule has 1 amide bonds. The summed E-state index contributed by atoms with van der Waals surface area (Å²) in [5.74, 6) is -0.0957. The molecule has 1 heterocycles. The van der Waals surface area contributed by atoms with Crippen LogP contribution in [0.2, 0.25) is 0 Å². The highest BCUT2D eigenvalue weighted by atomic mass is 19.1. The zero-order valence-electron chi connectivity index (χ0n) is 15.2. The molecule has 0 fully saturated rings. The van der Waals surface area contributed by atoms with E-state index in [0.717, 1.165) is 22.4 Å². The molecule has 0 aliphatic rings. The van der Waals surface area contributed by atoms with Gasteiger partial charge < -0.3 is 5.32 Å². The second kappa shape index (κ2) is 7.52. The fourth-order valence-electron chi connectivity index (χ4n) is 2.89. The highest BCUT2D eigenvalue weighted by molar-refractivity contribution is 5.92. The standard InChI is InChI=1S/C21H22FN3O/c1-14(2)18-6-4-5-15(3)21(18)23-20(26)13-25-12-11-19(24-25)16-7-9-17(22)10-8-16/h4-12,14H,13H2,1-3H3,(H,23,26). The number of rotatable bonds is 5. The van der Waals surface area contributed by atoms with Gasteiger partial charge in [-0.05, 0) is 54.3 Å². The van der Waals surface area contributed by atoms with Crippen molar-refractivity contribution in [3.8, 4) is 11.3 Å². The maximum Gasteiger partial charge on any atom is 0.246 e. The Labute approximate surface area is 152 Å². The number of amides is 1. The van der Waals surface area contributed by atoms with Gasteiger partial charge in [-0.1, -0.05) is 32.0 Å². The first-order valence-corrected chi connectivity index (χ1v) is 8.63. The topological polar surface area (TPSA) is 46.9 Å². The molecule has 26 heavy (non-hydrogen) atoms. The molecule has 0 saturated heterocycles. The lowest BCUT2D eigenvalue weighted by Crippen LogP contribution is -2.20. The van der Waals surface area contributed by atoms with E-state index in [1.807, 2.05) is 31.2 Å². The van der Waals surface area contributed by atoms with Gasteiger partial charge in [-0.25, -0.2) is 4.39 Å². The monoisotopic (exact) mass is 351 g/mol. The fraction of sp³-hybridized carbons (Fsp3) is 0.238. The van der Waals surface area contributed by atoms with Gasteiger partial charge in [-0.3, -0.25) is 9.48 Å². The first-order valence-electron chi connectivity index (χ1n) is 8.63. The van der Waals surface area contributed by atoms with Crippen LogP contribution in [-0.2, 0) is 11.3 Å². The number of nitrogens with zero attached hydrogens (tertiary/aromatic N) is 2. The second-order valence-corrected chi connectivity index (χ2v) is 6.65. The number of carbonyl (C=O) groups is 1. The Kier molecular flexibility index (Phi) is 5.16. The zero-order valence-corrected chi connectivity index (χ0v) is 15.2. The number of halogens is 1. The largest absolute Gasteiger partial charge is 0.324 e. The number of aromatic nitrogens is 2. The minimum absolute atomic E-state index is 0.118. The molecule has 134 valence electrons. The average Bonchev–Trinajstić information content (AvgIpc) is 3.05. The van der Waals surface area contributed by atoms with Crippen molar-refractivity contribution in [2.75, 3.05) is 5.32 Å². The summed E-state index contributed by atoms with van der Waals surface area (Å²) in [4.78, 5) is 12.5. The lowest BCUT2D eigenvalue weighted by atomic mass is 9.98. The predicted molar refractivity (Wildman–Crippen MR) is 102 cm³/mol. The molecule has 0 saturated carbocycles. The normalized spacial score (nSPS) is 11.0. The predicted octanol–water partition coefficient (Wildman–Crippen LogP) is 4.76. The van der Waals surface area contributed by atoms with Crippen molar-refractivity contribution in [3.63, 3.8) is 0 Å². The Morgan fingerprint density at radius 1 is 1.15 bits per heavy atom. The van der Waals surface area contributed by atoms with E-state index in [1.165, 1.54) is 12.1 Å². The lowest BCUT2D eigenvalue weighted by Gasteiger charge is -2.16. The van der Waals surface area contributed by atoms with Crippen molar-refractivity contribution in [3.05, 3.63) is 71.7 Å². The molecule has 0 atom stereocenters. The van der Waals surface area contributed by atoms with E-state index in [0.29, 0.717) is 11.6 Å². The maximum atomic E-state index is 13.0. The van der Waals surface area contributed by atoms with Crippen LogP contribution in [-0.4, -0.2) is 15.7 Å². The van der Waals surface area contributed by atoms with Gasteiger partial charge in [-0.2, -0.15) is 5.10 Å². The summed E-state index contributed by atoms with van der Waals surface area (Å²) in [5, 5.41) is 7.42. The highest BCUT2D eigenvalue weighted by Crippen LogP contribution is 2.27. The third-order valence-corrected chi connectivity index (χ3v) is 4.28. The number of para-hydroxylation sites is 1. The van der Waals surface area contributed by atoms with Crippen molar-refractivity contribution < 1.29 is 9.18 Å². The van der Waals surface area contributed by atoms with Crippen LogP contribution in [0.5, 0.6) is 0 Å². The minimum Gasteiger partial charge on any atom is -0.324 e. The molecule has 0 radical (unpaired) electrons. The van der Waals surface area contributed by atoms with Gasteiger partial charge in [-0.15, -0.1) is 0 Å². The fourth-order valence-corrected chi connectivity index (χ4v) is 2.89. The molecule has 1 N–H and O–H groups in total. The van der Waals surface area contributed by atoms with Crippen LogP contribution in [0.3, 0.4) is 0 Å². The molecular weight excluding hydrogens is 329 g/mol. The van der Waals surface area contributed by atoms with Gasteiger partial charge in [0, 0.05) is 17.4 Å². The number of anilines is 1. The molecule has 4 nitrogen and oxygen atoms in total. The van der Waals surface area contributed by atoms with Crippen LogP contribution in [0.1, 0.15) is 30.9 Å². The Morgan fingerprint density at radius 2 is 1.88 bits per heavy atom. The van der Waals surface area contributed by atoms with Crippen LogP contribution < -0.4 is 5.32 Å². The number of aryl methyl sites for hydroxylation is 1. The molecule has 0 spiro atoms. The highest BCUT2D eigenvalue weighted by Gasteiger charge is 2.13. The Balaban J connectivity index is 1.73. The van der Waals surface area contributed by atoms with Gasteiger partial charge in [0.1, 0.15) is 12.4 Å². The second-order valence-electron chi connectivity index (χ2n) is 6.65. The summed E-state index contributed by atoms with van der Waals surface area (Å²) in [6.45, 7) is 6.31. The van der Waals surface area contributed by atoms with Crippen molar-refractivity contribution >= 4 is 11.6 Å². The lowest BCUT2D eigenvalue weighted by molar-refractivity contribution is -0.116. The molecule has 0 aliphatic carbocycles. The van der Waals surface area contributed by atoms with Crippen LogP contribution >= 0.6 is 0 Å². The number of carbonyl (C=O) groups excluding carboxylic acids is 1. The number of nitrogens with one attached hydrogen (secondary N) is 1. The summed E-state index contributed by atoms with van der Waals surface area (Å²) in [7, 11) is 0. The summed E-state index contributed by atoms with van der Waals surface area (Å²) in [6.07, 6.45) is 1.75. The molecule has 1 aromatic heterocycles. The van der Waals surface area contributed by atoms with E-state index in [4.69, 9.17) is 0 Å². The van der Waals surface area contributed by atoms with Crippen molar-refractivity contribution in [1.29, 1.82) is 0 Å². The average molecular weight is 351 g/mol. The van der Waals surface area contributed by atoms with Crippen LogP contribution in [0, 0.1) is 12.7 Å². The molecule has 3 rings (SSSR count). The maximum absolute atomic E-state index is 13.0.